The largest absolute Gasteiger partial charge is 0.384 e. The molecule has 2 unspecified atom stereocenters. The van der Waals surface area contributed by atoms with Crippen LogP contribution < -0.4 is 0 Å². The molecule has 2 atom stereocenters. The van der Waals surface area contributed by atoms with E-state index in [1.807, 2.05) is 19.2 Å². The summed E-state index contributed by atoms with van der Waals surface area (Å²) >= 11 is 7.62. The van der Waals surface area contributed by atoms with Crippen LogP contribution in [0.3, 0.4) is 0 Å². The highest BCUT2D eigenvalue weighted by atomic mass is 35.5. The Morgan fingerprint density at radius 3 is 2.67 bits per heavy atom. The highest BCUT2D eigenvalue weighted by Crippen LogP contribution is 2.55. The topological polar surface area (TPSA) is 20.2 Å². The molecule has 0 bridgehead atoms. The van der Waals surface area contributed by atoms with E-state index in [2.05, 4.69) is 0 Å². The molecular formula is C9H11ClOS. The summed E-state index contributed by atoms with van der Waals surface area (Å²) < 4.78 is 0. The fourth-order valence-corrected chi connectivity index (χ4v) is 3.03. The minimum Gasteiger partial charge on any atom is -0.384 e. The quantitative estimate of drug-likeness (QED) is 0.743. The Kier molecular flexibility index (Phi) is 1.76. The first-order valence-corrected chi connectivity index (χ1v) is 5.28. The lowest BCUT2D eigenvalue weighted by Crippen LogP contribution is -2.05. The third kappa shape index (κ3) is 1.02. The molecule has 0 amide bonds. The predicted molar refractivity (Wildman–Crippen MR) is 51.7 cm³/mol. The second kappa shape index (κ2) is 2.47. The second-order valence-corrected chi connectivity index (χ2v) is 4.85. The number of hydrogen-bond donors (Lipinski definition) is 1. The SMILES string of the molecule is Cc1csc(C2(O)CC2C)c1Cl. The van der Waals surface area contributed by atoms with Crippen LogP contribution in [0.1, 0.15) is 23.8 Å². The summed E-state index contributed by atoms with van der Waals surface area (Å²) in [6, 6.07) is 0. The first kappa shape index (κ1) is 8.54. The van der Waals surface area contributed by atoms with Gasteiger partial charge < -0.3 is 5.11 Å². The molecule has 3 heteroatoms. The van der Waals surface area contributed by atoms with Crippen molar-refractivity contribution in [2.24, 2.45) is 5.92 Å². The molecule has 1 N–H and O–H groups in total. The van der Waals surface area contributed by atoms with Gasteiger partial charge in [0, 0.05) is 0 Å². The number of thiophene rings is 1. The summed E-state index contributed by atoms with van der Waals surface area (Å²) in [4.78, 5) is 0.953. The standard InChI is InChI=1S/C9H11ClOS/c1-5-4-12-8(7(5)10)9(11)3-6(9)2/h4,6,11H,3H2,1-2H3. The van der Waals surface area contributed by atoms with Crippen molar-refractivity contribution in [1.82, 2.24) is 0 Å². The third-order valence-electron chi connectivity index (χ3n) is 2.56. The van der Waals surface area contributed by atoms with E-state index >= 15 is 0 Å². The van der Waals surface area contributed by atoms with Crippen LogP contribution in [0.5, 0.6) is 0 Å². The highest BCUT2D eigenvalue weighted by molar-refractivity contribution is 7.11. The van der Waals surface area contributed by atoms with E-state index in [0.717, 1.165) is 21.9 Å². The average molecular weight is 203 g/mol. The maximum atomic E-state index is 9.99. The molecule has 1 aromatic heterocycles. The summed E-state index contributed by atoms with van der Waals surface area (Å²) in [6.07, 6.45) is 0.854. The van der Waals surface area contributed by atoms with Crippen LogP contribution in [0.4, 0.5) is 0 Å². The molecule has 1 nitrogen and oxygen atoms in total. The van der Waals surface area contributed by atoms with E-state index in [1.54, 1.807) is 11.3 Å². The van der Waals surface area contributed by atoms with E-state index in [4.69, 9.17) is 11.6 Å². The molecule has 1 aromatic rings. The number of halogens is 1. The van der Waals surface area contributed by atoms with Gasteiger partial charge in [-0.05, 0) is 30.2 Å². The van der Waals surface area contributed by atoms with Crippen LogP contribution >= 0.6 is 22.9 Å². The van der Waals surface area contributed by atoms with E-state index in [9.17, 15) is 5.11 Å². The second-order valence-electron chi connectivity index (χ2n) is 3.59. The Labute approximate surface area is 81.0 Å². The summed E-state index contributed by atoms with van der Waals surface area (Å²) in [5.41, 5.74) is 0.472. The molecule has 1 aliphatic rings. The van der Waals surface area contributed by atoms with Gasteiger partial charge in [-0.15, -0.1) is 11.3 Å². The Hall–Kier alpha value is -0.0500. The van der Waals surface area contributed by atoms with Crippen LogP contribution in [-0.4, -0.2) is 5.11 Å². The van der Waals surface area contributed by atoms with Crippen molar-refractivity contribution in [2.75, 3.05) is 0 Å². The fraction of sp³-hybridized carbons (Fsp3) is 0.556. The number of aliphatic hydroxyl groups is 1. The van der Waals surface area contributed by atoms with Gasteiger partial charge in [-0.3, -0.25) is 0 Å². The molecule has 0 radical (unpaired) electrons. The van der Waals surface area contributed by atoms with Gasteiger partial charge in [-0.25, -0.2) is 0 Å². The molecule has 0 spiro atoms. The van der Waals surface area contributed by atoms with Crippen molar-refractivity contribution < 1.29 is 5.11 Å². The zero-order chi connectivity index (χ0) is 8.93. The molecule has 1 saturated carbocycles. The summed E-state index contributed by atoms with van der Waals surface area (Å²) in [5, 5.41) is 12.7. The minimum absolute atomic E-state index is 0.369. The van der Waals surface area contributed by atoms with E-state index in [-0.39, 0.29) is 0 Å². The minimum atomic E-state index is -0.601. The predicted octanol–water partition coefficient (Wildman–Crippen LogP) is 2.94. The van der Waals surface area contributed by atoms with Crippen molar-refractivity contribution in [3.63, 3.8) is 0 Å². The van der Waals surface area contributed by atoms with Gasteiger partial charge >= 0.3 is 0 Å². The smallest absolute Gasteiger partial charge is 0.103 e. The third-order valence-corrected chi connectivity index (χ3v) is 4.43. The molecule has 66 valence electrons. The van der Waals surface area contributed by atoms with Crippen molar-refractivity contribution >= 4 is 22.9 Å². The molecule has 0 saturated heterocycles. The highest BCUT2D eigenvalue weighted by Gasteiger charge is 2.53. The van der Waals surface area contributed by atoms with Gasteiger partial charge in [0.15, 0.2) is 0 Å². The Balaban J connectivity index is 2.42. The maximum Gasteiger partial charge on any atom is 0.103 e. The fourth-order valence-electron chi connectivity index (χ4n) is 1.45. The first-order valence-electron chi connectivity index (χ1n) is 4.02. The van der Waals surface area contributed by atoms with Gasteiger partial charge in [0.05, 0.1) is 9.90 Å². The number of hydrogen-bond acceptors (Lipinski definition) is 2. The van der Waals surface area contributed by atoms with Crippen LogP contribution in [-0.2, 0) is 5.60 Å². The van der Waals surface area contributed by atoms with Crippen LogP contribution in [0, 0.1) is 12.8 Å². The lowest BCUT2D eigenvalue weighted by Gasteiger charge is -2.06. The number of rotatable bonds is 1. The van der Waals surface area contributed by atoms with Crippen molar-refractivity contribution in [3.8, 4) is 0 Å². The monoisotopic (exact) mass is 202 g/mol. The van der Waals surface area contributed by atoms with Gasteiger partial charge in [0.2, 0.25) is 0 Å². The summed E-state index contributed by atoms with van der Waals surface area (Å²) in [7, 11) is 0. The van der Waals surface area contributed by atoms with Crippen LogP contribution in [0.15, 0.2) is 5.38 Å². The lowest BCUT2D eigenvalue weighted by molar-refractivity contribution is 0.139. The van der Waals surface area contributed by atoms with Crippen LogP contribution in [0.2, 0.25) is 5.02 Å². The zero-order valence-corrected chi connectivity index (χ0v) is 8.67. The van der Waals surface area contributed by atoms with Gasteiger partial charge in [0.25, 0.3) is 0 Å². The van der Waals surface area contributed by atoms with Crippen molar-refractivity contribution in [1.29, 1.82) is 0 Å². The molecule has 12 heavy (non-hydrogen) atoms. The molecule has 1 heterocycles. The van der Waals surface area contributed by atoms with E-state index in [1.165, 1.54) is 0 Å². The van der Waals surface area contributed by atoms with Gasteiger partial charge in [0.1, 0.15) is 5.60 Å². The van der Waals surface area contributed by atoms with Crippen molar-refractivity contribution in [2.45, 2.75) is 25.9 Å². The zero-order valence-electron chi connectivity index (χ0n) is 7.10. The Morgan fingerprint density at radius 2 is 2.33 bits per heavy atom. The first-order chi connectivity index (χ1) is 5.55. The maximum absolute atomic E-state index is 9.99. The Bertz CT molecular complexity index is 320. The molecule has 2 rings (SSSR count). The average Bonchev–Trinajstić information content (AvgIpc) is 2.44. The van der Waals surface area contributed by atoms with E-state index < -0.39 is 5.60 Å². The number of aryl methyl sites for hydroxylation is 1. The molecule has 1 fully saturated rings. The normalized spacial score (nSPS) is 33.8. The van der Waals surface area contributed by atoms with Crippen molar-refractivity contribution in [3.05, 3.63) is 20.8 Å². The molecule has 1 aliphatic carbocycles. The summed E-state index contributed by atoms with van der Waals surface area (Å²) in [5.74, 6) is 0.369. The Morgan fingerprint density at radius 1 is 1.75 bits per heavy atom. The van der Waals surface area contributed by atoms with Gasteiger partial charge in [-0.2, -0.15) is 0 Å². The van der Waals surface area contributed by atoms with Crippen LogP contribution in [0.25, 0.3) is 0 Å². The molecule has 0 aromatic carbocycles. The molecule has 0 aliphatic heterocycles. The van der Waals surface area contributed by atoms with E-state index in [0.29, 0.717) is 5.92 Å². The summed E-state index contributed by atoms with van der Waals surface area (Å²) in [6.45, 7) is 4.02. The lowest BCUT2D eigenvalue weighted by atomic mass is 10.2. The van der Waals surface area contributed by atoms with Gasteiger partial charge in [-0.1, -0.05) is 18.5 Å². The molecular weight excluding hydrogens is 192 g/mol.